The smallest absolute Gasteiger partial charge is 0.416 e. The van der Waals surface area contributed by atoms with E-state index < -0.39 is 17.8 Å². The van der Waals surface area contributed by atoms with Gasteiger partial charge in [-0.2, -0.15) is 13.2 Å². The first kappa shape index (κ1) is 28.3. The Bertz CT molecular complexity index is 1500. The molecule has 1 unspecified atom stereocenters. The van der Waals surface area contributed by atoms with E-state index >= 15 is 0 Å². The molecule has 214 valence electrons. The summed E-state index contributed by atoms with van der Waals surface area (Å²) >= 11 is 0. The average molecular weight is 564 g/mol. The number of anilines is 2. The third-order valence-corrected chi connectivity index (χ3v) is 7.54. The fourth-order valence-corrected chi connectivity index (χ4v) is 5.68. The predicted octanol–water partition coefficient (Wildman–Crippen LogP) is 6.65. The minimum Gasteiger partial charge on any atom is -0.496 e. The van der Waals surface area contributed by atoms with Crippen molar-refractivity contribution in [2.75, 3.05) is 23.9 Å². The third-order valence-electron chi connectivity index (χ3n) is 7.54. The van der Waals surface area contributed by atoms with Gasteiger partial charge in [0.15, 0.2) is 5.78 Å². The van der Waals surface area contributed by atoms with Crippen molar-refractivity contribution in [3.8, 4) is 5.75 Å². The zero-order chi connectivity index (χ0) is 29.4. The van der Waals surface area contributed by atoms with Crippen LogP contribution in [0.15, 0.2) is 84.1 Å². The second-order valence-electron chi connectivity index (χ2n) is 11.2. The van der Waals surface area contributed by atoms with Crippen LogP contribution in [0.25, 0.3) is 0 Å². The fraction of sp³-hybridized carbons (Fsp3) is 0.312. The highest BCUT2D eigenvalue weighted by Gasteiger charge is 2.42. The van der Waals surface area contributed by atoms with Gasteiger partial charge in [-0.3, -0.25) is 9.59 Å². The van der Waals surface area contributed by atoms with Crippen LogP contribution in [0.3, 0.4) is 0 Å². The largest absolute Gasteiger partial charge is 0.496 e. The van der Waals surface area contributed by atoms with Crippen LogP contribution in [0.4, 0.5) is 24.5 Å². The van der Waals surface area contributed by atoms with E-state index in [0.717, 1.165) is 29.1 Å². The van der Waals surface area contributed by atoms with Gasteiger partial charge in [0.25, 0.3) is 0 Å². The van der Waals surface area contributed by atoms with Gasteiger partial charge in [0.2, 0.25) is 5.91 Å². The van der Waals surface area contributed by atoms with Crippen molar-refractivity contribution in [2.24, 2.45) is 5.41 Å². The van der Waals surface area contributed by atoms with Crippen LogP contribution in [-0.4, -0.2) is 25.3 Å². The first-order valence-corrected chi connectivity index (χ1v) is 13.4. The summed E-state index contributed by atoms with van der Waals surface area (Å²) in [4.78, 5) is 29.0. The zero-order valence-corrected chi connectivity index (χ0v) is 23.1. The number of allylic oxidation sites excluding steroid dienone is 1. The standard InChI is InChI=1S/C32H32F3N3O3/c1-31(2)16-24-29(26(39)17-31)30(20-12-14-22(15-13-20)32(33,34)35)38(25-10-6-5-9-23(25)37-24)19-28(40)36-18-21-8-4-7-11-27(21)41-3/h4-15,30,37H,16-19H2,1-3H3,(H,36,40). The average Bonchev–Trinajstić information content (AvgIpc) is 3.05. The molecule has 3 aromatic rings. The van der Waals surface area contributed by atoms with Crippen molar-refractivity contribution >= 4 is 23.1 Å². The van der Waals surface area contributed by atoms with Crippen LogP contribution in [0.1, 0.15) is 49.4 Å². The van der Waals surface area contributed by atoms with Crippen molar-refractivity contribution in [3.63, 3.8) is 0 Å². The molecular formula is C32H32F3N3O3. The van der Waals surface area contributed by atoms with Crippen molar-refractivity contribution in [1.29, 1.82) is 0 Å². The molecule has 1 atom stereocenters. The first-order valence-electron chi connectivity index (χ1n) is 13.4. The Morgan fingerprint density at radius 1 is 1.02 bits per heavy atom. The van der Waals surface area contributed by atoms with Gasteiger partial charge < -0.3 is 20.3 Å². The van der Waals surface area contributed by atoms with E-state index in [-0.39, 0.29) is 36.6 Å². The second-order valence-corrected chi connectivity index (χ2v) is 11.2. The van der Waals surface area contributed by atoms with Gasteiger partial charge in [-0.05, 0) is 47.7 Å². The molecule has 0 aromatic heterocycles. The van der Waals surface area contributed by atoms with Gasteiger partial charge >= 0.3 is 6.18 Å². The number of carbonyl (C=O) groups excluding carboxylic acids is 2. The quantitative estimate of drug-likeness (QED) is 0.352. The van der Waals surface area contributed by atoms with E-state index in [0.29, 0.717) is 29.0 Å². The number of benzene rings is 3. The highest BCUT2D eigenvalue weighted by molar-refractivity contribution is 6.01. The molecule has 5 rings (SSSR count). The highest BCUT2D eigenvalue weighted by atomic mass is 19.4. The van der Waals surface area contributed by atoms with Crippen molar-refractivity contribution in [1.82, 2.24) is 5.32 Å². The molecule has 0 fully saturated rings. The van der Waals surface area contributed by atoms with Gasteiger partial charge in [-0.25, -0.2) is 0 Å². The van der Waals surface area contributed by atoms with Crippen molar-refractivity contribution in [2.45, 2.75) is 45.5 Å². The number of nitrogens with zero attached hydrogens (tertiary/aromatic N) is 1. The van der Waals surface area contributed by atoms with Gasteiger partial charge in [-0.1, -0.05) is 56.3 Å². The van der Waals surface area contributed by atoms with Gasteiger partial charge in [-0.15, -0.1) is 0 Å². The summed E-state index contributed by atoms with van der Waals surface area (Å²) in [5.41, 5.74) is 2.80. The molecule has 1 heterocycles. The van der Waals surface area contributed by atoms with Gasteiger partial charge in [0, 0.05) is 29.8 Å². The lowest BCUT2D eigenvalue weighted by Gasteiger charge is -2.38. The first-order chi connectivity index (χ1) is 19.5. The van der Waals surface area contributed by atoms with E-state index in [1.165, 1.54) is 12.1 Å². The number of hydrogen-bond acceptors (Lipinski definition) is 5. The third kappa shape index (κ3) is 5.94. The van der Waals surface area contributed by atoms with Crippen LogP contribution in [-0.2, 0) is 22.3 Å². The number of halogens is 3. The van der Waals surface area contributed by atoms with Crippen molar-refractivity contribution in [3.05, 3.63) is 101 Å². The summed E-state index contributed by atoms with van der Waals surface area (Å²) in [7, 11) is 1.56. The van der Waals surface area contributed by atoms with Crippen LogP contribution < -0.4 is 20.3 Å². The normalized spacial score (nSPS) is 18.1. The van der Waals surface area contributed by atoms with Crippen LogP contribution in [0, 0.1) is 5.41 Å². The number of fused-ring (bicyclic) bond motifs is 1. The van der Waals surface area contributed by atoms with Crippen LogP contribution in [0.5, 0.6) is 5.75 Å². The molecule has 1 amide bonds. The molecule has 0 saturated carbocycles. The number of nitrogens with one attached hydrogen (secondary N) is 2. The summed E-state index contributed by atoms with van der Waals surface area (Å²) in [6.07, 6.45) is -3.63. The number of methoxy groups -OCH3 is 1. The Hall–Kier alpha value is -4.27. The summed E-state index contributed by atoms with van der Waals surface area (Å²) in [5, 5.41) is 6.39. The molecule has 6 nitrogen and oxygen atoms in total. The molecule has 9 heteroatoms. The minimum absolute atomic E-state index is 0.0964. The predicted molar refractivity (Wildman–Crippen MR) is 151 cm³/mol. The van der Waals surface area contributed by atoms with Crippen molar-refractivity contribution < 1.29 is 27.5 Å². The van der Waals surface area contributed by atoms with E-state index in [2.05, 4.69) is 10.6 Å². The molecule has 1 aliphatic carbocycles. The number of hydrogen-bond donors (Lipinski definition) is 2. The number of carbonyl (C=O) groups is 2. The Kier molecular flexibility index (Phi) is 7.55. The maximum absolute atomic E-state index is 13.8. The maximum Gasteiger partial charge on any atom is 0.416 e. The zero-order valence-electron chi connectivity index (χ0n) is 23.1. The lowest BCUT2D eigenvalue weighted by Crippen LogP contribution is -2.42. The Morgan fingerprint density at radius 2 is 1.71 bits per heavy atom. The molecule has 2 N–H and O–H groups in total. The molecule has 1 aliphatic heterocycles. The fourth-order valence-electron chi connectivity index (χ4n) is 5.68. The molecular weight excluding hydrogens is 531 g/mol. The number of amides is 1. The molecule has 0 spiro atoms. The van der Waals surface area contributed by atoms with Gasteiger partial charge in [0.1, 0.15) is 5.75 Å². The monoisotopic (exact) mass is 563 g/mol. The van der Waals surface area contributed by atoms with E-state index in [9.17, 15) is 22.8 Å². The number of alkyl halides is 3. The summed E-state index contributed by atoms with van der Waals surface area (Å²) < 4.78 is 45.7. The number of rotatable bonds is 6. The number of Topliss-reactive ketones (excluding diaryl/α,β-unsaturated/α-hetero) is 1. The molecule has 41 heavy (non-hydrogen) atoms. The van der Waals surface area contributed by atoms with E-state index in [1.54, 1.807) is 12.0 Å². The van der Waals surface area contributed by atoms with Crippen LogP contribution >= 0.6 is 0 Å². The molecule has 0 bridgehead atoms. The number of ketones is 1. The number of ether oxygens (including phenoxy) is 1. The van der Waals surface area contributed by atoms with Crippen LogP contribution in [0.2, 0.25) is 0 Å². The summed E-state index contributed by atoms with van der Waals surface area (Å²) in [6, 6.07) is 18.9. The lowest BCUT2D eigenvalue weighted by molar-refractivity contribution is -0.137. The Labute approximate surface area is 237 Å². The Balaban J connectivity index is 1.57. The molecule has 0 radical (unpaired) electrons. The SMILES string of the molecule is COc1ccccc1CNC(=O)CN1c2ccccc2NC2=C(C(=O)CC(C)(C)C2)C1c1ccc(C(F)(F)F)cc1. The second kappa shape index (κ2) is 11.0. The van der Waals surface area contributed by atoms with Gasteiger partial charge in [0.05, 0.1) is 36.6 Å². The Morgan fingerprint density at radius 3 is 2.41 bits per heavy atom. The summed E-state index contributed by atoms with van der Waals surface area (Å²) in [5.74, 6) is 0.237. The highest BCUT2D eigenvalue weighted by Crippen LogP contribution is 2.48. The molecule has 3 aromatic carbocycles. The summed E-state index contributed by atoms with van der Waals surface area (Å²) in [6.45, 7) is 4.13. The number of para-hydroxylation sites is 3. The lowest BCUT2D eigenvalue weighted by atomic mass is 9.73. The minimum atomic E-state index is -4.50. The van der Waals surface area contributed by atoms with E-state index in [1.807, 2.05) is 62.4 Å². The maximum atomic E-state index is 13.8. The molecule has 2 aliphatic rings. The van der Waals surface area contributed by atoms with E-state index in [4.69, 9.17) is 4.74 Å². The topological polar surface area (TPSA) is 70.7 Å². The molecule has 0 saturated heterocycles.